The fourth-order valence-electron chi connectivity index (χ4n) is 2.75. The van der Waals surface area contributed by atoms with Gasteiger partial charge in [-0.1, -0.05) is 17.3 Å². The van der Waals surface area contributed by atoms with E-state index in [0.29, 0.717) is 35.4 Å². The van der Waals surface area contributed by atoms with Crippen molar-refractivity contribution in [3.63, 3.8) is 0 Å². The molecule has 0 spiro atoms. The van der Waals surface area contributed by atoms with Gasteiger partial charge in [-0.05, 0) is 30.7 Å². The third-order valence-corrected chi connectivity index (χ3v) is 4.15. The van der Waals surface area contributed by atoms with Crippen LogP contribution in [-0.4, -0.2) is 31.0 Å². The van der Waals surface area contributed by atoms with Gasteiger partial charge in [0, 0.05) is 30.8 Å². The number of fused-ring (bicyclic) bond motifs is 1. The Hall–Kier alpha value is -4.08. The normalized spacial score (nSPS) is 10.8. The molecule has 10 heteroatoms. The summed E-state index contributed by atoms with van der Waals surface area (Å²) in [5.41, 5.74) is 6.29. The second-order valence-corrected chi connectivity index (χ2v) is 6.22. The van der Waals surface area contributed by atoms with E-state index in [0.717, 1.165) is 5.56 Å². The summed E-state index contributed by atoms with van der Waals surface area (Å²) in [7, 11) is 0. The SMILES string of the molecule is O=C(CCCc1nc2ccccc2c(=O)[nH]1)NNc1nc(-c2ccncc2)no1. The largest absolute Gasteiger partial charge is 0.340 e. The number of benzene rings is 1. The minimum atomic E-state index is -0.253. The van der Waals surface area contributed by atoms with Crippen LogP contribution in [0.2, 0.25) is 0 Å². The van der Waals surface area contributed by atoms with Crippen LogP contribution in [0.3, 0.4) is 0 Å². The van der Waals surface area contributed by atoms with Gasteiger partial charge >= 0.3 is 6.01 Å². The first kappa shape index (κ1) is 18.3. The molecule has 3 aromatic heterocycles. The van der Waals surface area contributed by atoms with E-state index in [1.54, 1.807) is 42.7 Å². The minimum Gasteiger partial charge on any atom is -0.313 e. The van der Waals surface area contributed by atoms with Gasteiger partial charge in [0.15, 0.2) is 0 Å². The predicted molar refractivity (Wildman–Crippen MR) is 105 cm³/mol. The van der Waals surface area contributed by atoms with E-state index in [1.165, 1.54) is 0 Å². The number of pyridine rings is 1. The van der Waals surface area contributed by atoms with Crippen molar-refractivity contribution in [3.8, 4) is 11.4 Å². The molecule has 0 fully saturated rings. The van der Waals surface area contributed by atoms with Crippen molar-refractivity contribution in [2.24, 2.45) is 0 Å². The van der Waals surface area contributed by atoms with E-state index in [9.17, 15) is 9.59 Å². The molecule has 0 saturated carbocycles. The van der Waals surface area contributed by atoms with Crippen molar-refractivity contribution in [2.75, 3.05) is 5.43 Å². The number of rotatable bonds is 7. The summed E-state index contributed by atoms with van der Waals surface area (Å²) < 4.78 is 5.04. The zero-order chi connectivity index (χ0) is 20.1. The van der Waals surface area contributed by atoms with Crippen LogP contribution in [0.15, 0.2) is 58.1 Å². The smallest absolute Gasteiger partial charge is 0.313 e. The zero-order valence-electron chi connectivity index (χ0n) is 15.3. The van der Waals surface area contributed by atoms with Crippen molar-refractivity contribution in [2.45, 2.75) is 19.3 Å². The van der Waals surface area contributed by atoms with E-state index in [4.69, 9.17) is 4.52 Å². The van der Waals surface area contributed by atoms with Crippen LogP contribution in [0.25, 0.3) is 22.3 Å². The molecule has 0 bridgehead atoms. The number of nitrogens with one attached hydrogen (secondary N) is 3. The summed E-state index contributed by atoms with van der Waals surface area (Å²) in [6.07, 6.45) is 4.46. The van der Waals surface area contributed by atoms with Crippen LogP contribution < -0.4 is 16.4 Å². The number of carbonyl (C=O) groups is 1. The number of carbonyl (C=O) groups excluding carboxylic acids is 1. The van der Waals surface area contributed by atoms with Gasteiger partial charge in [0.05, 0.1) is 10.9 Å². The monoisotopic (exact) mass is 391 g/mol. The predicted octanol–water partition coefficient (Wildman–Crippen LogP) is 1.83. The summed E-state index contributed by atoms with van der Waals surface area (Å²) in [4.78, 5) is 39.3. The highest BCUT2D eigenvalue weighted by Gasteiger charge is 2.10. The first-order chi connectivity index (χ1) is 14.2. The molecule has 0 aliphatic heterocycles. The Morgan fingerprint density at radius 2 is 1.93 bits per heavy atom. The molecule has 0 aliphatic rings. The molecule has 1 amide bonds. The zero-order valence-corrected chi connectivity index (χ0v) is 15.3. The third-order valence-electron chi connectivity index (χ3n) is 4.15. The number of para-hydroxylation sites is 1. The standard InChI is InChI=1S/C19H17N7O3/c27-16(24-25-19-23-17(26-29-19)12-8-10-20-11-9-12)7-3-6-15-21-14-5-2-1-4-13(14)18(28)22-15/h1-2,4-5,8-11H,3,6-7H2,(H,24,27)(H,21,22,28)(H,23,25,26). The maximum absolute atomic E-state index is 12.0. The number of aryl methyl sites for hydroxylation is 1. The van der Waals surface area contributed by atoms with Crippen molar-refractivity contribution < 1.29 is 9.32 Å². The molecule has 4 aromatic rings. The number of anilines is 1. The number of aromatic amines is 1. The number of amides is 1. The van der Waals surface area contributed by atoms with Crippen LogP contribution >= 0.6 is 0 Å². The summed E-state index contributed by atoms with van der Waals surface area (Å²) in [6, 6.07) is 10.7. The van der Waals surface area contributed by atoms with Crippen LogP contribution in [-0.2, 0) is 11.2 Å². The molecule has 1 aromatic carbocycles. The van der Waals surface area contributed by atoms with Gasteiger partial charge in [-0.2, -0.15) is 4.98 Å². The van der Waals surface area contributed by atoms with Crippen LogP contribution in [0.1, 0.15) is 18.7 Å². The Morgan fingerprint density at radius 1 is 1.10 bits per heavy atom. The molecule has 3 heterocycles. The topological polar surface area (TPSA) is 139 Å². The third kappa shape index (κ3) is 4.43. The van der Waals surface area contributed by atoms with Crippen LogP contribution in [0.4, 0.5) is 6.01 Å². The van der Waals surface area contributed by atoms with E-state index < -0.39 is 0 Å². The van der Waals surface area contributed by atoms with Crippen molar-refractivity contribution in [1.29, 1.82) is 0 Å². The van der Waals surface area contributed by atoms with Crippen molar-refractivity contribution in [1.82, 2.24) is 30.5 Å². The summed E-state index contributed by atoms with van der Waals surface area (Å²) in [6.45, 7) is 0. The molecule has 0 radical (unpaired) electrons. The Balaban J connectivity index is 1.27. The van der Waals surface area contributed by atoms with Crippen LogP contribution in [0, 0.1) is 0 Å². The maximum atomic E-state index is 12.0. The quantitative estimate of drug-likeness (QED) is 0.406. The molecule has 0 atom stereocenters. The van der Waals surface area contributed by atoms with E-state index in [-0.39, 0.29) is 23.9 Å². The van der Waals surface area contributed by atoms with E-state index in [2.05, 4.69) is 35.9 Å². The van der Waals surface area contributed by atoms with Crippen LogP contribution in [0.5, 0.6) is 0 Å². The number of aromatic nitrogens is 5. The second-order valence-electron chi connectivity index (χ2n) is 6.22. The Morgan fingerprint density at radius 3 is 2.79 bits per heavy atom. The lowest BCUT2D eigenvalue weighted by Crippen LogP contribution is -2.29. The molecule has 4 rings (SSSR count). The number of hydrogen-bond acceptors (Lipinski definition) is 8. The second kappa shape index (κ2) is 8.30. The fraction of sp³-hybridized carbons (Fsp3) is 0.158. The van der Waals surface area contributed by atoms with Crippen molar-refractivity contribution >= 4 is 22.8 Å². The lowest BCUT2D eigenvalue weighted by Gasteiger charge is -2.05. The molecule has 0 unspecified atom stereocenters. The van der Waals surface area contributed by atoms with Crippen molar-refractivity contribution in [3.05, 3.63) is 65.0 Å². The van der Waals surface area contributed by atoms with Gasteiger partial charge in [0.1, 0.15) is 5.82 Å². The van der Waals surface area contributed by atoms with E-state index in [1.807, 2.05) is 6.07 Å². The fourth-order valence-corrected chi connectivity index (χ4v) is 2.75. The van der Waals surface area contributed by atoms with E-state index >= 15 is 0 Å². The molecule has 29 heavy (non-hydrogen) atoms. The molecular formula is C19H17N7O3. The number of hydrogen-bond donors (Lipinski definition) is 3. The molecule has 10 nitrogen and oxygen atoms in total. The van der Waals surface area contributed by atoms with Gasteiger partial charge in [0.2, 0.25) is 11.7 Å². The lowest BCUT2D eigenvalue weighted by molar-refractivity contribution is -0.120. The summed E-state index contributed by atoms with van der Waals surface area (Å²) in [5, 5.41) is 4.37. The summed E-state index contributed by atoms with van der Waals surface area (Å²) >= 11 is 0. The lowest BCUT2D eigenvalue weighted by atomic mass is 10.2. The number of H-pyrrole nitrogens is 1. The Kier molecular flexibility index (Phi) is 5.23. The number of hydrazine groups is 1. The highest BCUT2D eigenvalue weighted by atomic mass is 16.5. The highest BCUT2D eigenvalue weighted by molar-refractivity contribution is 5.77. The number of nitrogens with zero attached hydrogens (tertiary/aromatic N) is 4. The van der Waals surface area contributed by atoms with Gasteiger partial charge in [-0.15, -0.1) is 0 Å². The molecular weight excluding hydrogens is 374 g/mol. The Labute approximate surface area is 164 Å². The molecule has 146 valence electrons. The maximum Gasteiger partial charge on any atom is 0.340 e. The molecule has 0 saturated heterocycles. The van der Waals surface area contributed by atoms with Gasteiger partial charge in [-0.25, -0.2) is 10.4 Å². The minimum absolute atomic E-state index is 0.0747. The molecule has 0 aliphatic carbocycles. The average Bonchev–Trinajstić information content (AvgIpc) is 3.22. The Bertz CT molecular complexity index is 1190. The first-order valence-corrected chi connectivity index (χ1v) is 8.96. The molecule has 3 N–H and O–H groups in total. The average molecular weight is 391 g/mol. The van der Waals surface area contributed by atoms with Gasteiger partial charge in [-0.3, -0.25) is 20.0 Å². The highest BCUT2D eigenvalue weighted by Crippen LogP contribution is 2.15. The van der Waals surface area contributed by atoms with Gasteiger partial charge < -0.3 is 9.51 Å². The van der Waals surface area contributed by atoms with Gasteiger partial charge in [0.25, 0.3) is 5.56 Å². The first-order valence-electron chi connectivity index (χ1n) is 8.96. The summed E-state index contributed by atoms with van der Waals surface area (Å²) in [5.74, 6) is 0.681.